The van der Waals surface area contributed by atoms with Crippen molar-refractivity contribution in [2.75, 3.05) is 69.9 Å². The summed E-state index contributed by atoms with van der Waals surface area (Å²) in [6.07, 6.45) is 6.07. The molecule has 3 amide bonds. The Morgan fingerprint density at radius 2 is 1.87 bits per heavy atom. The molecule has 0 radical (unpaired) electrons. The maximum atomic E-state index is 15.6. The van der Waals surface area contributed by atoms with Crippen molar-refractivity contribution in [3.63, 3.8) is 0 Å². The highest BCUT2D eigenvalue weighted by Gasteiger charge is 2.36. The highest BCUT2D eigenvalue weighted by Crippen LogP contribution is 2.41. The van der Waals surface area contributed by atoms with Gasteiger partial charge in [0.05, 0.1) is 72.1 Å². The van der Waals surface area contributed by atoms with Gasteiger partial charge >= 0.3 is 0 Å². The summed E-state index contributed by atoms with van der Waals surface area (Å²) in [4.78, 5) is 47.1. The van der Waals surface area contributed by atoms with Gasteiger partial charge in [0.2, 0.25) is 11.8 Å². The number of amides is 3. The highest BCUT2D eigenvalue weighted by atomic mass is 19.3. The second kappa shape index (κ2) is 19.4. The number of imide groups is 1. The van der Waals surface area contributed by atoms with E-state index in [-0.39, 0.29) is 60.8 Å². The van der Waals surface area contributed by atoms with Crippen molar-refractivity contribution in [3.05, 3.63) is 65.4 Å². The number of fused-ring (bicyclic) bond motifs is 2. The molecule has 67 heavy (non-hydrogen) atoms. The number of alkyl halides is 3. The lowest BCUT2D eigenvalue weighted by molar-refractivity contribution is -0.134. The molecule has 0 bridgehead atoms. The van der Waals surface area contributed by atoms with Gasteiger partial charge in [-0.1, -0.05) is 24.0 Å². The summed E-state index contributed by atoms with van der Waals surface area (Å²) in [5, 5.41) is 19.4. The quantitative estimate of drug-likeness (QED) is 0.114. The van der Waals surface area contributed by atoms with E-state index in [0.717, 1.165) is 48.7 Å². The number of nitrogens with one attached hydrogen (secondary N) is 2. The van der Waals surface area contributed by atoms with Crippen LogP contribution in [0.4, 0.5) is 24.7 Å². The van der Waals surface area contributed by atoms with Gasteiger partial charge < -0.3 is 24.4 Å². The first-order valence-electron chi connectivity index (χ1n) is 23.3. The Morgan fingerprint density at radius 1 is 1.03 bits per heavy atom. The lowest BCUT2D eigenvalue weighted by Gasteiger charge is -2.38. The fraction of sp³-hybridized carbons (Fsp3) is 0.553. The zero-order chi connectivity index (χ0) is 46.2. The Kier molecular flexibility index (Phi) is 13.0. The number of anilines is 2. The van der Waals surface area contributed by atoms with Gasteiger partial charge in [0.15, 0.2) is 11.3 Å². The maximum Gasteiger partial charge on any atom is 0.284 e. The maximum absolute atomic E-state index is 15.6. The number of likely N-dealkylation sites (tertiary alicyclic amines) is 1. The minimum Gasteiger partial charge on any atom is -0.382 e. The van der Waals surface area contributed by atoms with Gasteiger partial charge in [-0.25, -0.2) is 22.7 Å². The number of halogens is 3. The fourth-order valence-corrected chi connectivity index (χ4v) is 10.1. The molecule has 2 N–H and O–H groups in total. The van der Waals surface area contributed by atoms with Crippen molar-refractivity contribution in [3.8, 4) is 11.8 Å². The van der Waals surface area contributed by atoms with Crippen molar-refractivity contribution < 1.29 is 41.8 Å². The molecular weight excluding hydrogens is 872 g/mol. The normalized spacial score (nSPS) is 25.1. The van der Waals surface area contributed by atoms with E-state index in [9.17, 15) is 23.2 Å². The number of nitrogens with zero attached hydrogens (tertiary/aromatic N) is 9. The summed E-state index contributed by atoms with van der Waals surface area (Å²) in [5.41, 5.74) is 2.18. The number of rotatable bonds is 13. The molecule has 1 aromatic carbocycles. The first kappa shape index (κ1) is 44.9. The molecule has 3 aliphatic heterocycles. The first-order chi connectivity index (χ1) is 32.6. The minimum absolute atomic E-state index is 0.0581. The Balaban J connectivity index is 0.711. The largest absolute Gasteiger partial charge is 0.382 e. The minimum atomic E-state index is -2.91. The predicted octanol–water partition coefficient (Wildman–Crippen LogP) is 5.38. The molecule has 4 atom stereocenters. The molecule has 5 fully saturated rings. The average molecular weight is 926 g/mol. The predicted molar refractivity (Wildman–Crippen MR) is 239 cm³/mol. The van der Waals surface area contributed by atoms with Crippen LogP contribution in [-0.2, 0) is 23.8 Å². The van der Waals surface area contributed by atoms with Crippen LogP contribution >= 0.6 is 0 Å². The topological polar surface area (TPSA) is 175 Å². The van der Waals surface area contributed by atoms with Gasteiger partial charge in [-0.2, -0.15) is 15.3 Å². The molecule has 7 heterocycles. The third-order valence-corrected chi connectivity index (χ3v) is 13.7. The number of benzene rings is 1. The summed E-state index contributed by atoms with van der Waals surface area (Å²) >= 11 is 0. The van der Waals surface area contributed by atoms with Crippen LogP contribution in [0.25, 0.3) is 16.6 Å². The van der Waals surface area contributed by atoms with Crippen molar-refractivity contribution >= 4 is 45.8 Å². The van der Waals surface area contributed by atoms with Gasteiger partial charge in [-0.05, 0) is 69.4 Å². The summed E-state index contributed by atoms with van der Waals surface area (Å²) in [5.74, 6) is 5.56. The van der Waals surface area contributed by atoms with E-state index in [4.69, 9.17) is 24.3 Å². The van der Waals surface area contributed by atoms with Gasteiger partial charge in [0.1, 0.15) is 24.2 Å². The summed E-state index contributed by atoms with van der Waals surface area (Å²) in [7, 11) is 1.62. The van der Waals surface area contributed by atoms with Crippen LogP contribution in [0.3, 0.4) is 0 Å². The number of para-hydroxylation sites is 1. The molecule has 17 nitrogen and oxygen atoms in total. The molecule has 3 saturated heterocycles. The lowest BCUT2D eigenvalue weighted by Crippen LogP contribution is -2.47. The van der Waals surface area contributed by atoms with Crippen molar-refractivity contribution in [1.29, 1.82) is 0 Å². The first-order valence-corrected chi connectivity index (χ1v) is 23.3. The summed E-state index contributed by atoms with van der Waals surface area (Å²) in [6, 6.07) is 7.68. The fourth-order valence-electron chi connectivity index (χ4n) is 10.1. The number of piperidine rings is 2. The van der Waals surface area contributed by atoms with E-state index in [2.05, 4.69) is 37.6 Å². The molecule has 2 aliphatic carbocycles. The Hall–Kier alpha value is -5.88. The summed E-state index contributed by atoms with van der Waals surface area (Å²) in [6.45, 7) is 3.85. The number of aromatic nitrogens is 7. The van der Waals surface area contributed by atoms with Crippen LogP contribution in [0.15, 0.2) is 42.9 Å². The van der Waals surface area contributed by atoms with E-state index < -0.39 is 36.2 Å². The Bertz CT molecular complexity index is 2700. The van der Waals surface area contributed by atoms with Crippen molar-refractivity contribution in [1.82, 2.24) is 44.4 Å². The number of hydrogen-bond donors (Lipinski definition) is 2. The third-order valence-electron chi connectivity index (χ3n) is 13.7. The van der Waals surface area contributed by atoms with Crippen molar-refractivity contribution in [2.45, 2.75) is 101 Å². The van der Waals surface area contributed by atoms with Gasteiger partial charge in [0, 0.05) is 64.0 Å². The standard InChI is InChI=1S/C47H54F3N11O6/c1-65-27-32-24-58(19-21-66-32)39-16-18-59-45(53-39)35(22-51-59)47(64)52-37-26-60(55-42(37)44(49)50)30-9-7-28(8-10-30)23-57-17-15-38(36(48)25-57)67-20-3-5-29-4-2-6-33-41(34-13-14-40(62)54-46(34)63)56-61(43(29)33)31-11-12-31/h2,4,6,16,18,22,26,28,30-32,34,36,38,44H,7-15,17,19-21,23-25,27H2,1H3,(H,52,64)(H,54,62,63)/t28?,30?,32-,34?,36+,38-/m1/s1. The van der Waals surface area contributed by atoms with E-state index >= 15 is 4.39 Å². The van der Waals surface area contributed by atoms with Crippen molar-refractivity contribution in [2.24, 2.45) is 5.92 Å². The number of methoxy groups -OCH3 is 1. The van der Waals surface area contributed by atoms with Crippen LogP contribution in [-0.4, -0.2) is 135 Å². The van der Waals surface area contributed by atoms with E-state index in [1.165, 1.54) is 16.9 Å². The SMILES string of the molecule is COC[C@H]1CN(c2ccn3ncc(C(=O)Nc4cn(C5CCC(CN6CC[C@@H](OCC#Cc7cccc8c(C9CCC(=O)NC9=O)nn(C9CC9)c78)[C@@H](F)C6)CC5)nc4C(F)F)c3n2)CCO1. The molecule has 0 spiro atoms. The highest BCUT2D eigenvalue weighted by molar-refractivity contribution is 6.08. The van der Waals surface area contributed by atoms with Crippen LogP contribution in [0.2, 0.25) is 0 Å². The molecule has 354 valence electrons. The molecule has 2 saturated carbocycles. The summed E-state index contributed by atoms with van der Waals surface area (Å²) < 4.78 is 66.3. The van der Waals surface area contributed by atoms with Crippen LogP contribution in [0.5, 0.6) is 0 Å². The molecule has 4 aromatic heterocycles. The van der Waals surface area contributed by atoms with Crippen LogP contribution in [0, 0.1) is 17.8 Å². The zero-order valence-corrected chi connectivity index (χ0v) is 37.3. The van der Waals surface area contributed by atoms with Crippen LogP contribution in [0.1, 0.15) is 110 Å². The second-order valence-electron chi connectivity index (χ2n) is 18.3. The third kappa shape index (κ3) is 9.64. The Morgan fingerprint density at radius 3 is 2.64 bits per heavy atom. The van der Waals surface area contributed by atoms with E-state index in [0.29, 0.717) is 81.6 Å². The number of ether oxygens (including phenoxy) is 3. The number of morpholine rings is 1. The number of carbonyl (C=O) groups excluding carboxylic acids is 3. The average Bonchev–Trinajstić information content (AvgIpc) is 3.75. The lowest BCUT2D eigenvalue weighted by atomic mass is 9.85. The molecule has 5 aliphatic rings. The number of hydrogen-bond acceptors (Lipinski definition) is 12. The number of carbonyl (C=O) groups is 3. The smallest absolute Gasteiger partial charge is 0.284 e. The molecular formula is C47H54F3N11O6. The van der Waals surface area contributed by atoms with Gasteiger partial charge in [0.25, 0.3) is 12.3 Å². The van der Waals surface area contributed by atoms with Gasteiger partial charge in [-0.3, -0.25) is 34.0 Å². The van der Waals surface area contributed by atoms with E-state index in [1.54, 1.807) is 24.1 Å². The molecule has 20 heteroatoms. The zero-order valence-electron chi connectivity index (χ0n) is 37.3. The monoisotopic (exact) mass is 925 g/mol. The van der Waals surface area contributed by atoms with Gasteiger partial charge in [-0.15, -0.1) is 0 Å². The second-order valence-corrected chi connectivity index (χ2v) is 18.3. The van der Waals surface area contributed by atoms with Crippen LogP contribution < -0.4 is 15.5 Å². The molecule has 10 rings (SSSR count). The molecule has 1 unspecified atom stereocenters. The molecule has 5 aromatic rings. The Labute approximate surface area is 384 Å². The van der Waals surface area contributed by atoms with E-state index in [1.807, 2.05) is 27.8 Å².